The first-order chi connectivity index (χ1) is 11.1. The molecule has 0 bridgehead atoms. The lowest BCUT2D eigenvalue weighted by Crippen LogP contribution is -1.91. The smallest absolute Gasteiger partial charge is 0.210 e. The minimum Gasteiger partial charge on any atom is -0.330 e. The first-order valence-electron chi connectivity index (χ1n) is 7.16. The van der Waals surface area contributed by atoms with E-state index < -0.39 is 0 Å². The molecule has 23 heavy (non-hydrogen) atoms. The molecule has 0 fully saturated rings. The Bertz CT molecular complexity index is 817. The molecule has 2 aromatic carbocycles. The average molecular weight is 406 g/mol. The summed E-state index contributed by atoms with van der Waals surface area (Å²) in [6.45, 7) is 4.22. The van der Waals surface area contributed by atoms with Gasteiger partial charge in [-0.1, -0.05) is 63.3 Å². The molecule has 3 nitrogen and oxygen atoms in total. The molecular formula is C17H16BrN3S2. The van der Waals surface area contributed by atoms with Crippen molar-refractivity contribution in [2.45, 2.75) is 23.9 Å². The number of benzene rings is 2. The van der Waals surface area contributed by atoms with Crippen LogP contribution in [0.1, 0.15) is 16.7 Å². The maximum atomic E-state index is 4.25. The molecule has 0 unspecified atom stereocenters. The summed E-state index contributed by atoms with van der Waals surface area (Å²) in [4.78, 5) is 0. The molecule has 1 aromatic heterocycles. The van der Waals surface area contributed by atoms with Crippen molar-refractivity contribution in [1.82, 2.24) is 10.2 Å². The van der Waals surface area contributed by atoms with Crippen molar-refractivity contribution in [3.63, 3.8) is 0 Å². The van der Waals surface area contributed by atoms with Crippen molar-refractivity contribution in [1.29, 1.82) is 0 Å². The Hall–Kier alpha value is -1.37. The molecule has 0 atom stereocenters. The molecule has 3 rings (SSSR count). The lowest BCUT2D eigenvalue weighted by atomic mass is 10.1. The molecule has 0 aliphatic rings. The van der Waals surface area contributed by atoms with E-state index >= 15 is 0 Å². The molecule has 0 saturated heterocycles. The Morgan fingerprint density at radius 1 is 1.09 bits per heavy atom. The number of nitrogens with one attached hydrogen (secondary N) is 1. The quantitative estimate of drug-likeness (QED) is 0.531. The number of aryl methyl sites for hydroxylation is 2. The Labute approximate surface area is 152 Å². The van der Waals surface area contributed by atoms with Crippen LogP contribution in [0.4, 0.5) is 10.8 Å². The van der Waals surface area contributed by atoms with Crippen molar-refractivity contribution in [3.05, 3.63) is 63.6 Å². The van der Waals surface area contributed by atoms with Crippen LogP contribution in [-0.2, 0) is 5.75 Å². The molecular weight excluding hydrogens is 390 g/mol. The van der Waals surface area contributed by atoms with Crippen molar-refractivity contribution >= 4 is 49.8 Å². The summed E-state index contributed by atoms with van der Waals surface area (Å²) in [6.07, 6.45) is 0. The highest BCUT2D eigenvalue weighted by molar-refractivity contribution is 9.10. The van der Waals surface area contributed by atoms with Gasteiger partial charge in [0, 0.05) is 15.9 Å². The fraction of sp³-hybridized carbons (Fsp3) is 0.176. The van der Waals surface area contributed by atoms with Crippen molar-refractivity contribution in [3.8, 4) is 0 Å². The van der Waals surface area contributed by atoms with Crippen molar-refractivity contribution in [2.75, 3.05) is 5.32 Å². The molecule has 0 amide bonds. The highest BCUT2D eigenvalue weighted by Gasteiger charge is 2.07. The van der Waals surface area contributed by atoms with E-state index in [2.05, 4.69) is 75.6 Å². The molecule has 0 aliphatic carbocycles. The molecule has 1 N–H and O–H groups in total. The van der Waals surface area contributed by atoms with Crippen LogP contribution in [-0.4, -0.2) is 10.2 Å². The first-order valence-corrected chi connectivity index (χ1v) is 9.75. The number of hydrogen-bond donors (Lipinski definition) is 1. The Kier molecular flexibility index (Phi) is 5.35. The third-order valence-electron chi connectivity index (χ3n) is 3.47. The minimum absolute atomic E-state index is 0.822. The Morgan fingerprint density at radius 2 is 1.91 bits per heavy atom. The zero-order valence-corrected chi connectivity index (χ0v) is 16.1. The normalized spacial score (nSPS) is 10.7. The molecule has 6 heteroatoms. The lowest BCUT2D eigenvalue weighted by molar-refractivity contribution is 1.01. The van der Waals surface area contributed by atoms with Gasteiger partial charge in [-0.15, -0.1) is 10.2 Å². The van der Waals surface area contributed by atoms with Gasteiger partial charge in [0.2, 0.25) is 5.13 Å². The molecule has 1 heterocycles. The fourth-order valence-corrected chi connectivity index (χ4v) is 4.40. The van der Waals surface area contributed by atoms with Crippen LogP contribution in [0.2, 0.25) is 0 Å². The van der Waals surface area contributed by atoms with Gasteiger partial charge in [-0.3, -0.25) is 0 Å². The number of nitrogens with zero attached hydrogens (tertiary/aromatic N) is 2. The highest BCUT2D eigenvalue weighted by atomic mass is 79.9. The van der Waals surface area contributed by atoms with E-state index in [1.54, 1.807) is 23.1 Å². The third-order valence-corrected chi connectivity index (χ3v) is 6.27. The Balaban J connectivity index is 1.64. The summed E-state index contributed by atoms with van der Waals surface area (Å²) in [5.41, 5.74) is 4.86. The molecule has 3 aromatic rings. The molecule has 0 aliphatic heterocycles. The van der Waals surface area contributed by atoms with Crippen LogP contribution in [0.5, 0.6) is 0 Å². The summed E-state index contributed by atoms with van der Waals surface area (Å²) >= 11 is 6.85. The van der Waals surface area contributed by atoms with Gasteiger partial charge in [0.1, 0.15) is 0 Å². The standard InChI is InChI=1S/C17H16BrN3S2/c1-11-7-8-14(9-12(11)2)19-16-20-21-17(23-16)22-10-13-5-3-4-6-15(13)18/h3-9H,10H2,1-2H3,(H,19,20). The lowest BCUT2D eigenvalue weighted by Gasteiger charge is -2.05. The maximum Gasteiger partial charge on any atom is 0.210 e. The number of rotatable bonds is 5. The van der Waals surface area contributed by atoms with Gasteiger partial charge in [-0.05, 0) is 48.7 Å². The number of hydrogen-bond acceptors (Lipinski definition) is 5. The van der Waals surface area contributed by atoms with Gasteiger partial charge < -0.3 is 5.32 Å². The predicted octanol–water partition coefficient (Wildman–Crippen LogP) is 5.95. The third kappa shape index (κ3) is 4.34. The molecule has 0 spiro atoms. The van der Waals surface area contributed by atoms with Gasteiger partial charge >= 0.3 is 0 Å². The number of halogens is 1. The predicted molar refractivity (Wildman–Crippen MR) is 103 cm³/mol. The number of aromatic nitrogens is 2. The van der Waals surface area contributed by atoms with Crippen molar-refractivity contribution in [2.24, 2.45) is 0 Å². The summed E-state index contributed by atoms with van der Waals surface area (Å²) in [7, 11) is 0. The maximum absolute atomic E-state index is 4.25. The zero-order chi connectivity index (χ0) is 16.2. The number of thioether (sulfide) groups is 1. The van der Waals surface area contributed by atoms with Gasteiger partial charge in [0.25, 0.3) is 0 Å². The largest absolute Gasteiger partial charge is 0.330 e. The summed E-state index contributed by atoms with van der Waals surface area (Å²) < 4.78 is 2.09. The van der Waals surface area contributed by atoms with E-state index in [-0.39, 0.29) is 0 Å². The Morgan fingerprint density at radius 3 is 2.70 bits per heavy atom. The summed E-state index contributed by atoms with van der Waals surface area (Å²) in [5, 5.41) is 12.6. The molecule has 0 radical (unpaired) electrons. The van der Waals surface area contributed by atoms with Gasteiger partial charge in [0.15, 0.2) is 4.34 Å². The van der Waals surface area contributed by atoms with E-state index in [0.29, 0.717) is 0 Å². The summed E-state index contributed by atoms with van der Waals surface area (Å²) in [6, 6.07) is 14.6. The zero-order valence-electron chi connectivity index (χ0n) is 12.8. The molecule has 118 valence electrons. The SMILES string of the molecule is Cc1ccc(Nc2nnc(SCc3ccccc3Br)s2)cc1C. The summed E-state index contributed by atoms with van der Waals surface area (Å²) in [5.74, 6) is 0.875. The second kappa shape index (κ2) is 7.47. The van der Waals surface area contributed by atoms with Gasteiger partial charge in [0.05, 0.1) is 0 Å². The van der Waals surface area contributed by atoms with E-state index in [9.17, 15) is 0 Å². The van der Waals surface area contributed by atoms with Crippen LogP contribution >= 0.6 is 39.0 Å². The second-order valence-electron chi connectivity index (χ2n) is 5.18. The second-order valence-corrected chi connectivity index (χ2v) is 8.23. The van der Waals surface area contributed by atoms with Crippen LogP contribution in [0.3, 0.4) is 0 Å². The fourth-order valence-electron chi connectivity index (χ4n) is 2.02. The average Bonchev–Trinajstić information content (AvgIpc) is 2.98. The van der Waals surface area contributed by atoms with Crippen molar-refractivity contribution < 1.29 is 0 Å². The minimum atomic E-state index is 0.822. The number of anilines is 2. The van der Waals surface area contributed by atoms with E-state index in [0.717, 1.165) is 25.4 Å². The van der Waals surface area contributed by atoms with Crippen LogP contribution in [0.25, 0.3) is 0 Å². The highest BCUT2D eigenvalue weighted by Crippen LogP contribution is 2.31. The topological polar surface area (TPSA) is 37.8 Å². The van der Waals surface area contributed by atoms with Gasteiger partial charge in [-0.2, -0.15) is 0 Å². The van der Waals surface area contributed by atoms with Gasteiger partial charge in [-0.25, -0.2) is 0 Å². The van der Waals surface area contributed by atoms with E-state index in [1.807, 2.05) is 12.1 Å². The van der Waals surface area contributed by atoms with Crippen LogP contribution in [0, 0.1) is 13.8 Å². The first kappa shape index (κ1) is 16.5. The van der Waals surface area contributed by atoms with E-state index in [1.165, 1.54) is 16.7 Å². The van der Waals surface area contributed by atoms with E-state index in [4.69, 9.17) is 0 Å². The molecule has 0 saturated carbocycles. The monoisotopic (exact) mass is 405 g/mol. The van der Waals surface area contributed by atoms with Crippen LogP contribution < -0.4 is 5.32 Å². The van der Waals surface area contributed by atoms with Crippen LogP contribution in [0.15, 0.2) is 51.3 Å².